The summed E-state index contributed by atoms with van der Waals surface area (Å²) in [6.07, 6.45) is -2.02. The Kier molecular flexibility index (Phi) is 3.64. The van der Waals surface area contributed by atoms with Gasteiger partial charge in [-0.05, 0) is 5.56 Å². The fourth-order valence-electron chi connectivity index (χ4n) is 2.36. The molecule has 7 heteroatoms. The summed E-state index contributed by atoms with van der Waals surface area (Å²) in [5.41, 5.74) is 1.04. The Morgan fingerprint density at radius 3 is 2.67 bits per heavy atom. The van der Waals surface area contributed by atoms with Gasteiger partial charge in [0.15, 0.2) is 5.82 Å². The molecule has 110 valence electrons. The molecule has 1 aromatic carbocycles. The Hall–Kier alpha value is -2.31. The highest BCUT2D eigenvalue weighted by molar-refractivity contribution is 5.91. The highest BCUT2D eigenvalue weighted by atomic mass is 19.3. The third-order valence-electron chi connectivity index (χ3n) is 3.34. The number of carbonyl (C=O) groups is 1. The number of rotatable bonds is 4. The van der Waals surface area contributed by atoms with Gasteiger partial charge >= 0.3 is 0 Å². The average molecular weight is 292 g/mol. The van der Waals surface area contributed by atoms with Gasteiger partial charge in [-0.1, -0.05) is 30.3 Å². The van der Waals surface area contributed by atoms with Crippen LogP contribution in [0.5, 0.6) is 0 Å². The van der Waals surface area contributed by atoms with E-state index in [4.69, 9.17) is 0 Å². The van der Waals surface area contributed by atoms with E-state index in [1.54, 1.807) is 0 Å². The van der Waals surface area contributed by atoms with Crippen molar-refractivity contribution in [2.24, 2.45) is 0 Å². The lowest BCUT2D eigenvalue weighted by molar-refractivity contribution is 0.0484. The van der Waals surface area contributed by atoms with Gasteiger partial charge < -0.3 is 4.90 Å². The summed E-state index contributed by atoms with van der Waals surface area (Å²) in [5.74, 6) is 0.199. The number of aromatic nitrogens is 3. The highest BCUT2D eigenvalue weighted by Gasteiger charge is 2.29. The minimum absolute atomic E-state index is 0.146. The number of amides is 1. The van der Waals surface area contributed by atoms with Crippen molar-refractivity contribution < 1.29 is 13.6 Å². The van der Waals surface area contributed by atoms with Crippen molar-refractivity contribution in [2.75, 3.05) is 13.1 Å². The molecule has 0 bridgehead atoms. The molecule has 21 heavy (non-hydrogen) atoms. The second-order valence-electron chi connectivity index (χ2n) is 4.88. The quantitative estimate of drug-likeness (QED) is 0.860. The zero-order valence-corrected chi connectivity index (χ0v) is 11.2. The van der Waals surface area contributed by atoms with E-state index in [2.05, 4.69) is 10.1 Å². The summed E-state index contributed by atoms with van der Waals surface area (Å²) in [5, 5.41) is 4.28. The molecule has 1 aromatic heterocycles. The van der Waals surface area contributed by atoms with Gasteiger partial charge in [-0.3, -0.25) is 4.79 Å². The van der Waals surface area contributed by atoms with Crippen LogP contribution in [0.2, 0.25) is 0 Å². The molecule has 2 heterocycles. The first-order valence-corrected chi connectivity index (χ1v) is 6.68. The van der Waals surface area contributed by atoms with Gasteiger partial charge in [0.05, 0.1) is 13.1 Å². The van der Waals surface area contributed by atoms with Crippen LogP contribution in [-0.2, 0) is 13.0 Å². The van der Waals surface area contributed by atoms with E-state index in [9.17, 15) is 13.6 Å². The Morgan fingerprint density at radius 2 is 1.95 bits per heavy atom. The number of hydrogen-bond donors (Lipinski definition) is 0. The average Bonchev–Trinajstić information content (AvgIpc) is 2.86. The molecule has 2 aromatic rings. The number of fused-ring (bicyclic) bond motifs is 1. The number of nitrogens with zero attached hydrogens (tertiary/aromatic N) is 4. The third kappa shape index (κ3) is 2.91. The fraction of sp³-hybridized carbons (Fsp3) is 0.357. The zero-order valence-electron chi connectivity index (χ0n) is 11.2. The first-order valence-electron chi connectivity index (χ1n) is 6.68. The summed E-state index contributed by atoms with van der Waals surface area (Å²) >= 11 is 0. The van der Waals surface area contributed by atoms with E-state index in [1.165, 1.54) is 4.68 Å². The molecule has 0 radical (unpaired) electrons. The largest absolute Gasteiger partial charge is 0.328 e. The van der Waals surface area contributed by atoms with Gasteiger partial charge in [0.25, 0.3) is 12.3 Å². The van der Waals surface area contributed by atoms with Crippen LogP contribution in [0.1, 0.15) is 22.0 Å². The second-order valence-corrected chi connectivity index (χ2v) is 4.88. The summed E-state index contributed by atoms with van der Waals surface area (Å²) in [7, 11) is 0. The summed E-state index contributed by atoms with van der Waals surface area (Å²) in [6, 6.07) is 9.65. The number of carbonyl (C=O) groups excluding carboxylic acids is 1. The van der Waals surface area contributed by atoms with Gasteiger partial charge in [0, 0.05) is 13.0 Å². The summed E-state index contributed by atoms with van der Waals surface area (Å²) in [6.45, 7) is 0.0829. The summed E-state index contributed by atoms with van der Waals surface area (Å²) < 4.78 is 26.4. The molecule has 0 spiro atoms. The predicted octanol–water partition coefficient (Wildman–Crippen LogP) is 1.59. The number of halogens is 2. The Balaban J connectivity index is 1.79. The van der Waals surface area contributed by atoms with E-state index in [0.29, 0.717) is 18.8 Å². The van der Waals surface area contributed by atoms with Crippen molar-refractivity contribution in [3.8, 4) is 0 Å². The normalized spacial score (nSPS) is 14.6. The first-order chi connectivity index (χ1) is 10.1. The Morgan fingerprint density at radius 1 is 1.19 bits per heavy atom. The molecule has 0 aliphatic carbocycles. The van der Waals surface area contributed by atoms with Crippen LogP contribution >= 0.6 is 0 Å². The molecule has 0 unspecified atom stereocenters. The summed E-state index contributed by atoms with van der Waals surface area (Å²) in [4.78, 5) is 17.4. The molecular weight excluding hydrogens is 278 g/mol. The van der Waals surface area contributed by atoms with Crippen LogP contribution < -0.4 is 0 Å². The standard InChI is InChI=1S/C14H14F2N4O/c15-11(16)9-19-6-7-20-13(14(19)21)17-12(18-20)8-10-4-2-1-3-5-10/h1-5,11H,6-9H2. The molecule has 0 N–H and O–H groups in total. The van der Waals surface area contributed by atoms with E-state index in [1.807, 2.05) is 30.3 Å². The van der Waals surface area contributed by atoms with Gasteiger partial charge in [0.2, 0.25) is 5.82 Å². The minimum Gasteiger partial charge on any atom is -0.328 e. The fourth-order valence-corrected chi connectivity index (χ4v) is 2.36. The lowest BCUT2D eigenvalue weighted by atomic mass is 10.1. The molecule has 5 nitrogen and oxygen atoms in total. The Bertz CT molecular complexity index is 642. The molecular formula is C14H14F2N4O. The van der Waals surface area contributed by atoms with Gasteiger partial charge in [-0.25, -0.2) is 18.4 Å². The van der Waals surface area contributed by atoms with Gasteiger partial charge in [-0.15, -0.1) is 0 Å². The maximum atomic E-state index is 12.4. The number of hydrogen-bond acceptors (Lipinski definition) is 3. The number of benzene rings is 1. The van der Waals surface area contributed by atoms with Crippen LogP contribution in [0.15, 0.2) is 30.3 Å². The third-order valence-corrected chi connectivity index (χ3v) is 3.34. The lowest BCUT2D eigenvalue weighted by Crippen LogP contribution is -2.43. The van der Waals surface area contributed by atoms with Crippen LogP contribution in [-0.4, -0.2) is 45.1 Å². The molecule has 0 fully saturated rings. The topological polar surface area (TPSA) is 51.0 Å². The van der Waals surface area contributed by atoms with E-state index >= 15 is 0 Å². The van der Waals surface area contributed by atoms with Gasteiger partial charge in [0.1, 0.15) is 0 Å². The SMILES string of the molecule is O=C1c2nc(Cc3ccccc3)nn2CCN1CC(F)F. The minimum atomic E-state index is -2.53. The first kappa shape index (κ1) is 13.7. The van der Waals surface area contributed by atoms with Crippen molar-refractivity contribution in [1.29, 1.82) is 0 Å². The van der Waals surface area contributed by atoms with Crippen molar-refractivity contribution >= 4 is 5.91 Å². The molecule has 0 atom stereocenters. The molecule has 1 amide bonds. The molecule has 1 aliphatic rings. The maximum absolute atomic E-state index is 12.4. The van der Waals surface area contributed by atoms with Gasteiger partial charge in [-0.2, -0.15) is 5.10 Å². The van der Waals surface area contributed by atoms with Crippen LogP contribution in [0.3, 0.4) is 0 Å². The van der Waals surface area contributed by atoms with E-state index in [0.717, 1.165) is 10.5 Å². The van der Waals surface area contributed by atoms with E-state index in [-0.39, 0.29) is 12.4 Å². The van der Waals surface area contributed by atoms with Crippen LogP contribution in [0.25, 0.3) is 0 Å². The van der Waals surface area contributed by atoms with Crippen LogP contribution in [0, 0.1) is 0 Å². The monoisotopic (exact) mass is 292 g/mol. The smallest absolute Gasteiger partial charge is 0.291 e. The predicted molar refractivity (Wildman–Crippen MR) is 71.2 cm³/mol. The number of alkyl halides is 2. The van der Waals surface area contributed by atoms with Crippen molar-refractivity contribution in [3.05, 3.63) is 47.5 Å². The van der Waals surface area contributed by atoms with Crippen LogP contribution in [0.4, 0.5) is 8.78 Å². The van der Waals surface area contributed by atoms with Crippen molar-refractivity contribution in [2.45, 2.75) is 19.4 Å². The maximum Gasteiger partial charge on any atom is 0.291 e. The molecule has 3 rings (SSSR count). The second kappa shape index (κ2) is 5.59. The van der Waals surface area contributed by atoms with E-state index < -0.39 is 18.9 Å². The zero-order chi connectivity index (χ0) is 14.8. The molecule has 0 saturated carbocycles. The highest BCUT2D eigenvalue weighted by Crippen LogP contribution is 2.14. The molecule has 0 saturated heterocycles. The Labute approximate surface area is 120 Å². The molecule has 1 aliphatic heterocycles. The van der Waals surface area contributed by atoms with Crippen molar-refractivity contribution in [1.82, 2.24) is 19.7 Å². The van der Waals surface area contributed by atoms with Crippen molar-refractivity contribution in [3.63, 3.8) is 0 Å². The lowest BCUT2D eigenvalue weighted by Gasteiger charge is -2.25.